The van der Waals surface area contributed by atoms with E-state index in [0.29, 0.717) is 16.1 Å². The highest BCUT2D eigenvalue weighted by Crippen LogP contribution is 2.22. The molecule has 0 radical (unpaired) electrons. The van der Waals surface area contributed by atoms with Crippen molar-refractivity contribution in [3.8, 4) is 6.07 Å². The highest BCUT2D eigenvalue weighted by atomic mass is 32.1. The lowest BCUT2D eigenvalue weighted by molar-refractivity contribution is 0.102. The van der Waals surface area contributed by atoms with Crippen LogP contribution in [0.3, 0.4) is 0 Å². The van der Waals surface area contributed by atoms with Gasteiger partial charge in [-0.1, -0.05) is 17.7 Å². The molecule has 0 saturated heterocycles. The lowest BCUT2D eigenvalue weighted by Crippen LogP contribution is -2.11. The van der Waals surface area contributed by atoms with Crippen molar-refractivity contribution in [2.24, 2.45) is 0 Å². The van der Waals surface area contributed by atoms with Crippen LogP contribution in [0, 0.1) is 18.3 Å². The van der Waals surface area contributed by atoms with E-state index in [1.807, 2.05) is 31.2 Å². The number of nitriles is 1. The molecule has 0 saturated carbocycles. The van der Waals surface area contributed by atoms with E-state index in [1.165, 1.54) is 11.3 Å². The molecule has 1 aromatic carbocycles. The fourth-order valence-electron chi connectivity index (χ4n) is 1.46. The van der Waals surface area contributed by atoms with Crippen LogP contribution in [0.25, 0.3) is 0 Å². The van der Waals surface area contributed by atoms with Crippen molar-refractivity contribution in [3.63, 3.8) is 0 Å². The Morgan fingerprint density at radius 2 is 2.24 bits per heavy atom. The molecule has 2 aromatic rings. The van der Waals surface area contributed by atoms with E-state index in [9.17, 15) is 4.79 Å². The summed E-state index contributed by atoms with van der Waals surface area (Å²) < 4.78 is 0. The van der Waals surface area contributed by atoms with Crippen LogP contribution in [0.4, 0.5) is 5.00 Å². The maximum Gasteiger partial charge on any atom is 0.256 e. The maximum atomic E-state index is 11.9. The van der Waals surface area contributed by atoms with Gasteiger partial charge in [-0.05, 0) is 30.5 Å². The zero-order valence-corrected chi connectivity index (χ0v) is 10.0. The van der Waals surface area contributed by atoms with Gasteiger partial charge in [-0.2, -0.15) is 5.26 Å². The van der Waals surface area contributed by atoms with Gasteiger partial charge < -0.3 is 5.32 Å². The Labute approximate surface area is 103 Å². The lowest BCUT2D eigenvalue weighted by atomic mass is 10.1. The van der Waals surface area contributed by atoms with Crippen LogP contribution in [0.5, 0.6) is 0 Å². The second kappa shape index (κ2) is 4.81. The summed E-state index contributed by atoms with van der Waals surface area (Å²) in [5, 5.41) is 14.0. The smallest absolute Gasteiger partial charge is 0.256 e. The molecule has 17 heavy (non-hydrogen) atoms. The van der Waals surface area contributed by atoms with Crippen molar-refractivity contribution in [1.29, 1.82) is 5.26 Å². The van der Waals surface area contributed by atoms with Crippen LogP contribution in [-0.4, -0.2) is 5.91 Å². The van der Waals surface area contributed by atoms with Crippen LogP contribution >= 0.6 is 11.3 Å². The molecule has 0 atom stereocenters. The van der Waals surface area contributed by atoms with Crippen LogP contribution < -0.4 is 5.32 Å². The Morgan fingerprint density at radius 1 is 1.41 bits per heavy atom. The van der Waals surface area contributed by atoms with E-state index in [1.54, 1.807) is 17.5 Å². The number of amides is 1. The molecule has 1 aromatic heterocycles. The molecule has 84 valence electrons. The molecule has 0 aliphatic heterocycles. The fraction of sp³-hybridized carbons (Fsp3) is 0.0769. The standard InChI is InChI=1S/C13H10N2OS/c1-9-3-2-4-10(7-9)12(16)15-13-11(8-14)5-6-17-13/h2-7H,1H3,(H,15,16). The SMILES string of the molecule is Cc1cccc(C(=O)Nc2sccc2C#N)c1. The summed E-state index contributed by atoms with van der Waals surface area (Å²) in [4.78, 5) is 11.9. The molecular weight excluding hydrogens is 232 g/mol. The third-order valence-electron chi connectivity index (χ3n) is 2.29. The quantitative estimate of drug-likeness (QED) is 0.879. The number of hydrogen-bond donors (Lipinski definition) is 1. The van der Waals surface area contributed by atoms with Crippen LogP contribution in [0.2, 0.25) is 0 Å². The molecule has 1 N–H and O–H groups in total. The molecular formula is C13H10N2OS. The van der Waals surface area contributed by atoms with Gasteiger partial charge in [0.05, 0.1) is 5.56 Å². The van der Waals surface area contributed by atoms with Gasteiger partial charge in [-0.15, -0.1) is 11.3 Å². The van der Waals surface area contributed by atoms with Crippen molar-refractivity contribution < 1.29 is 4.79 Å². The van der Waals surface area contributed by atoms with E-state index in [0.717, 1.165) is 5.56 Å². The Bertz CT molecular complexity index is 595. The number of benzene rings is 1. The lowest BCUT2D eigenvalue weighted by Gasteiger charge is -2.03. The van der Waals surface area contributed by atoms with Crippen LogP contribution in [0.1, 0.15) is 21.5 Å². The Balaban J connectivity index is 2.21. The fourth-order valence-corrected chi connectivity index (χ4v) is 2.19. The number of nitrogens with one attached hydrogen (secondary N) is 1. The van der Waals surface area contributed by atoms with Gasteiger partial charge in [0, 0.05) is 5.56 Å². The topological polar surface area (TPSA) is 52.9 Å². The van der Waals surface area contributed by atoms with Gasteiger partial charge in [-0.3, -0.25) is 4.79 Å². The molecule has 1 amide bonds. The van der Waals surface area contributed by atoms with Crippen molar-refractivity contribution in [3.05, 3.63) is 52.4 Å². The number of rotatable bonds is 2. The number of carbonyl (C=O) groups excluding carboxylic acids is 1. The van der Waals surface area contributed by atoms with Crippen molar-refractivity contribution in [1.82, 2.24) is 0 Å². The number of thiophene rings is 1. The van der Waals surface area contributed by atoms with E-state index in [2.05, 4.69) is 5.32 Å². The summed E-state index contributed by atoms with van der Waals surface area (Å²) in [5.74, 6) is -0.187. The average molecular weight is 242 g/mol. The second-order valence-corrected chi connectivity index (χ2v) is 4.51. The molecule has 2 rings (SSSR count). The number of aryl methyl sites for hydroxylation is 1. The first kappa shape index (κ1) is 11.4. The highest BCUT2D eigenvalue weighted by molar-refractivity contribution is 7.14. The van der Waals surface area contributed by atoms with E-state index in [-0.39, 0.29) is 5.91 Å². The predicted molar refractivity (Wildman–Crippen MR) is 68.2 cm³/mol. The monoisotopic (exact) mass is 242 g/mol. The Kier molecular flexibility index (Phi) is 3.22. The molecule has 0 aliphatic carbocycles. The van der Waals surface area contributed by atoms with E-state index < -0.39 is 0 Å². The molecule has 4 heteroatoms. The van der Waals surface area contributed by atoms with Crippen molar-refractivity contribution in [2.45, 2.75) is 6.92 Å². The third-order valence-corrected chi connectivity index (χ3v) is 3.12. The maximum absolute atomic E-state index is 11.9. The van der Waals surface area contributed by atoms with Gasteiger partial charge in [0.1, 0.15) is 11.1 Å². The number of anilines is 1. The molecule has 3 nitrogen and oxygen atoms in total. The third kappa shape index (κ3) is 2.52. The van der Waals surface area contributed by atoms with Gasteiger partial charge in [0.25, 0.3) is 5.91 Å². The van der Waals surface area contributed by atoms with Gasteiger partial charge in [0.15, 0.2) is 0 Å². The summed E-state index contributed by atoms with van der Waals surface area (Å²) in [6.07, 6.45) is 0. The number of nitrogens with zero attached hydrogens (tertiary/aromatic N) is 1. The number of hydrogen-bond acceptors (Lipinski definition) is 3. The Morgan fingerprint density at radius 3 is 2.94 bits per heavy atom. The zero-order valence-electron chi connectivity index (χ0n) is 9.23. The zero-order chi connectivity index (χ0) is 12.3. The molecule has 0 aliphatic rings. The van der Waals surface area contributed by atoms with E-state index >= 15 is 0 Å². The first-order valence-corrected chi connectivity index (χ1v) is 5.94. The first-order chi connectivity index (χ1) is 8.20. The van der Waals surface area contributed by atoms with Crippen molar-refractivity contribution >= 4 is 22.2 Å². The molecule has 0 spiro atoms. The largest absolute Gasteiger partial charge is 0.312 e. The summed E-state index contributed by atoms with van der Waals surface area (Å²) >= 11 is 1.35. The molecule has 0 unspecified atom stereocenters. The van der Waals surface area contributed by atoms with Gasteiger partial charge in [0.2, 0.25) is 0 Å². The molecule has 1 heterocycles. The minimum absolute atomic E-state index is 0.187. The van der Waals surface area contributed by atoms with Crippen molar-refractivity contribution in [2.75, 3.05) is 5.32 Å². The second-order valence-electron chi connectivity index (χ2n) is 3.60. The van der Waals surface area contributed by atoms with E-state index in [4.69, 9.17) is 5.26 Å². The highest BCUT2D eigenvalue weighted by Gasteiger charge is 2.09. The summed E-state index contributed by atoms with van der Waals surface area (Å²) in [7, 11) is 0. The summed E-state index contributed by atoms with van der Waals surface area (Å²) in [6.45, 7) is 1.93. The average Bonchev–Trinajstić information content (AvgIpc) is 2.76. The number of carbonyl (C=O) groups is 1. The van der Waals surface area contributed by atoms with Crippen LogP contribution in [-0.2, 0) is 0 Å². The Hall–Kier alpha value is -2.12. The normalized spacial score (nSPS) is 9.65. The van der Waals surface area contributed by atoms with Gasteiger partial charge >= 0.3 is 0 Å². The molecule has 0 bridgehead atoms. The minimum Gasteiger partial charge on any atom is -0.312 e. The first-order valence-electron chi connectivity index (χ1n) is 5.06. The molecule has 0 fully saturated rings. The van der Waals surface area contributed by atoms with Crippen LogP contribution in [0.15, 0.2) is 35.7 Å². The minimum atomic E-state index is -0.187. The predicted octanol–water partition coefficient (Wildman–Crippen LogP) is 3.18. The summed E-state index contributed by atoms with van der Waals surface area (Å²) in [6, 6.07) is 11.1. The van der Waals surface area contributed by atoms with Gasteiger partial charge in [-0.25, -0.2) is 0 Å². The summed E-state index contributed by atoms with van der Waals surface area (Å²) in [5.41, 5.74) is 2.13.